The number of cyclic esters (lactones) is 1. The zero-order valence-corrected chi connectivity index (χ0v) is 20.8. The van der Waals surface area contributed by atoms with Crippen LogP contribution in [0.25, 0.3) is 0 Å². The third-order valence-corrected chi connectivity index (χ3v) is 6.42. The molecule has 1 unspecified atom stereocenters. The van der Waals surface area contributed by atoms with E-state index in [2.05, 4.69) is 5.16 Å². The molecule has 0 radical (unpaired) electrons. The van der Waals surface area contributed by atoms with Gasteiger partial charge in [-0.2, -0.15) is 0 Å². The van der Waals surface area contributed by atoms with Gasteiger partial charge in [-0.15, -0.1) is 0 Å². The third kappa shape index (κ3) is 7.57. The fourth-order valence-corrected chi connectivity index (χ4v) is 4.34. The number of benzene rings is 1. The predicted molar refractivity (Wildman–Crippen MR) is 134 cm³/mol. The Kier molecular flexibility index (Phi) is 10.2. The summed E-state index contributed by atoms with van der Waals surface area (Å²) in [5.74, 6) is -0.910. The number of carbonyl (C=O) groups excluding carboxylic acids is 2. The molecule has 3 rings (SSSR count). The third-order valence-electron chi connectivity index (χ3n) is 6.00. The molecule has 1 amide bonds. The number of rotatable bonds is 4. The number of piperidine rings is 1. The van der Waals surface area contributed by atoms with Crippen molar-refractivity contribution in [3.05, 3.63) is 52.1 Å². The zero-order valence-electron chi connectivity index (χ0n) is 20.0. The Labute approximate surface area is 210 Å². The van der Waals surface area contributed by atoms with Gasteiger partial charge >= 0.3 is 5.97 Å². The van der Waals surface area contributed by atoms with Crippen molar-refractivity contribution in [2.24, 2.45) is 5.16 Å². The number of aliphatic hydroxyl groups is 1. The normalized spacial score (nSPS) is 22.6. The first kappa shape index (κ1) is 26.8. The van der Waals surface area contributed by atoms with Crippen LogP contribution in [0.1, 0.15) is 60.5 Å². The van der Waals surface area contributed by atoms with Crippen LogP contribution >= 0.6 is 11.6 Å². The van der Waals surface area contributed by atoms with Gasteiger partial charge in [-0.25, -0.2) is 4.79 Å². The molecule has 0 bridgehead atoms. The summed E-state index contributed by atoms with van der Waals surface area (Å²) in [4.78, 5) is 32.6. The van der Waals surface area contributed by atoms with Crippen molar-refractivity contribution in [2.45, 2.75) is 58.0 Å². The molecular weight excluding hydrogens is 472 g/mol. The summed E-state index contributed by atoms with van der Waals surface area (Å²) in [5.41, 5.74) is 1.59. The molecule has 35 heavy (non-hydrogen) atoms. The van der Waals surface area contributed by atoms with E-state index >= 15 is 0 Å². The number of aryl methyl sites for hydroxylation is 1. The number of phenols is 1. The van der Waals surface area contributed by atoms with Gasteiger partial charge in [0.15, 0.2) is 6.61 Å². The van der Waals surface area contributed by atoms with Crippen LogP contribution in [0, 0.1) is 0 Å². The van der Waals surface area contributed by atoms with Gasteiger partial charge in [-0.05, 0) is 61.8 Å². The summed E-state index contributed by atoms with van der Waals surface area (Å²) in [6.45, 7) is 2.93. The second-order valence-electron chi connectivity index (χ2n) is 8.62. The van der Waals surface area contributed by atoms with Crippen molar-refractivity contribution in [3.63, 3.8) is 0 Å². The lowest BCUT2D eigenvalue weighted by atomic mass is 9.94. The number of esters is 1. The number of aromatic hydroxyl groups is 1. The Bertz CT molecular complexity index is 998. The van der Waals surface area contributed by atoms with Gasteiger partial charge in [0.1, 0.15) is 18.5 Å². The van der Waals surface area contributed by atoms with E-state index in [1.807, 2.05) is 19.1 Å². The molecule has 0 aromatic heterocycles. The van der Waals surface area contributed by atoms with Crippen molar-refractivity contribution < 1.29 is 29.4 Å². The molecule has 2 aliphatic heterocycles. The SMILES string of the molecule is CCc1cc(O)c(Cl)c2c1C(=O)OCC(O)/C=C/CC/C=C/C(=N\OCC(=O)N1CCCCC1)C2. The second kappa shape index (κ2) is 13.3. The monoisotopic (exact) mass is 504 g/mol. The Hall–Kier alpha value is -2.84. The number of aliphatic hydroxyl groups excluding tert-OH is 1. The molecule has 0 spiro atoms. The van der Waals surface area contributed by atoms with Crippen LogP contribution < -0.4 is 0 Å². The van der Waals surface area contributed by atoms with Crippen LogP contribution in [0.15, 0.2) is 35.5 Å². The number of hydrogen-bond acceptors (Lipinski definition) is 7. The molecule has 1 aromatic carbocycles. The van der Waals surface area contributed by atoms with Gasteiger partial charge in [-0.3, -0.25) is 4.79 Å². The Morgan fingerprint density at radius 2 is 2.00 bits per heavy atom. The number of amides is 1. The van der Waals surface area contributed by atoms with E-state index in [1.165, 1.54) is 6.07 Å². The Balaban J connectivity index is 1.91. The predicted octanol–water partition coefficient (Wildman–Crippen LogP) is 3.96. The quantitative estimate of drug-likeness (QED) is 0.365. The Morgan fingerprint density at radius 3 is 2.74 bits per heavy atom. The van der Waals surface area contributed by atoms with Crippen molar-refractivity contribution in [1.29, 1.82) is 0 Å². The summed E-state index contributed by atoms with van der Waals surface area (Å²) < 4.78 is 5.36. The number of ether oxygens (including phenoxy) is 1. The highest BCUT2D eigenvalue weighted by Crippen LogP contribution is 2.34. The van der Waals surface area contributed by atoms with Crippen molar-refractivity contribution >= 4 is 29.2 Å². The molecule has 2 aliphatic rings. The molecular formula is C26H33ClN2O6. The molecule has 1 saturated heterocycles. The first-order valence-corrected chi connectivity index (χ1v) is 12.5. The highest BCUT2D eigenvalue weighted by atomic mass is 35.5. The molecule has 9 heteroatoms. The molecule has 1 aromatic rings. The zero-order chi connectivity index (χ0) is 25.2. The van der Waals surface area contributed by atoms with E-state index in [0.717, 1.165) is 32.4 Å². The van der Waals surface area contributed by atoms with Crippen LogP contribution in [-0.2, 0) is 27.2 Å². The van der Waals surface area contributed by atoms with Gasteiger partial charge in [0, 0.05) is 19.5 Å². The maximum absolute atomic E-state index is 13.0. The van der Waals surface area contributed by atoms with Gasteiger partial charge in [0.05, 0.1) is 16.3 Å². The second-order valence-corrected chi connectivity index (χ2v) is 9.00. The van der Waals surface area contributed by atoms with Crippen molar-refractivity contribution in [1.82, 2.24) is 4.90 Å². The maximum atomic E-state index is 13.0. The van der Waals surface area contributed by atoms with Crippen LogP contribution in [0.4, 0.5) is 0 Å². The molecule has 1 atom stereocenters. The number of fused-ring (bicyclic) bond motifs is 1. The average Bonchev–Trinajstić information content (AvgIpc) is 2.86. The molecule has 190 valence electrons. The summed E-state index contributed by atoms with van der Waals surface area (Å²) >= 11 is 6.44. The molecule has 8 nitrogen and oxygen atoms in total. The molecule has 0 aliphatic carbocycles. The van der Waals surface area contributed by atoms with E-state index in [4.69, 9.17) is 21.2 Å². The van der Waals surface area contributed by atoms with Crippen LogP contribution in [0.3, 0.4) is 0 Å². The number of carbonyl (C=O) groups is 2. The van der Waals surface area contributed by atoms with Gasteiger partial charge in [0.25, 0.3) is 5.91 Å². The van der Waals surface area contributed by atoms with E-state index in [-0.39, 0.29) is 41.9 Å². The van der Waals surface area contributed by atoms with Crippen LogP contribution in [0.2, 0.25) is 5.02 Å². The number of likely N-dealkylation sites (tertiary alicyclic amines) is 1. The number of halogens is 1. The first-order valence-electron chi connectivity index (χ1n) is 12.1. The van der Waals surface area contributed by atoms with E-state index in [1.54, 1.807) is 17.1 Å². The maximum Gasteiger partial charge on any atom is 0.338 e. The number of oxime groups is 1. The van der Waals surface area contributed by atoms with Crippen molar-refractivity contribution in [2.75, 3.05) is 26.3 Å². The highest BCUT2D eigenvalue weighted by Gasteiger charge is 2.24. The van der Waals surface area contributed by atoms with E-state index < -0.39 is 12.1 Å². The minimum atomic E-state index is -0.921. The van der Waals surface area contributed by atoms with Crippen molar-refractivity contribution in [3.8, 4) is 5.75 Å². The largest absolute Gasteiger partial charge is 0.506 e. The minimum Gasteiger partial charge on any atom is -0.506 e. The van der Waals surface area contributed by atoms with E-state index in [9.17, 15) is 19.8 Å². The number of nitrogens with zero attached hydrogens (tertiary/aromatic N) is 2. The summed E-state index contributed by atoms with van der Waals surface area (Å²) in [6.07, 6.45) is 11.1. The highest BCUT2D eigenvalue weighted by molar-refractivity contribution is 6.33. The van der Waals surface area contributed by atoms with Gasteiger partial charge in [-0.1, -0.05) is 41.9 Å². The minimum absolute atomic E-state index is 0.0205. The fourth-order valence-electron chi connectivity index (χ4n) is 4.12. The van der Waals surface area contributed by atoms with Crippen LogP contribution in [0.5, 0.6) is 5.75 Å². The summed E-state index contributed by atoms with van der Waals surface area (Å²) in [5, 5.41) is 24.7. The van der Waals surface area contributed by atoms with Gasteiger partial charge < -0.3 is 24.7 Å². The lowest BCUT2D eigenvalue weighted by Gasteiger charge is -2.26. The molecule has 0 saturated carbocycles. The number of allylic oxidation sites excluding steroid dienone is 3. The number of phenolic OH excluding ortho intramolecular Hbond substituents is 1. The lowest BCUT2D eigenvalue weighted by Crippen LogP contribution is -2.37. The molecule has 2 heterocycles. The smallest absolute Gasteiger partial charge is 0.338 e. The van der Waals surface area contributed by atoms with Crippen LogP contribution in [-0.4, -0.2) is 65.1 Å². The average molecular weight is 505 g/mol. The fraction of sp³-hybridized carbons (Fsp3) is 0.500. The standard InChI is InChI=1S/C26H33ClN2O6/c1-2-18-14-22(31)25(27)21-15-19(28-35-17-23(32)29-12-8-5-9-13-29)10-6-3-4-7-11-20(30)16-34-26(33)24(18)21/h6-7,10-11,14,20,30-31H,2-5,8-9,12-13,15-17H2,1H3/b10-6+,11-7+,28-19+. The topological polar surface area (TPSA) is 109 Å². The number of hydrogen-bond donors (Lipinski definition) is 2. The van der Waals surface area contributed by atoms with Gasteiger partial charge in [0.2, 0.25) is 0 Å². The first-order chi connectivity index (χ1) is 16.9. The lowest BCUT2D eigenvalue weighted by molar-refractivity contribution is -0.137. The molecule has 1 fully saturated rings. The molecule has 2 N–H and O–H groups in total. The summed E-state index contributed by atoms with van der Waals surface area (Å²) in [6, 6.07) is 1.45. The summed E-state index contributed by atoms with van der Waals surface area (Å²) in [7, 11) is 0. The Morgan fingerprint density at radius 1 is 1.26 bits per heavy atom. The van der Waals surface area contributed by atoms with E-state index in [0.29, 0.717) is 36.1 Å².